The number of nitrogens with zero attached hydrogens (tertiary/aromatic N) is 3. The second-order valence-corrected chi connectivity index (χ2v) is 5.25. The van der Waals surface area contributed by atoms with Crippen LogP contribution in [0, 0.1) is 12.8 Å². The highest BCUT2D eigenvalue weighted by Crippen LogP contribution is 2.24. The van der Waals surface area contributed by atoms with E-state index in [1.807, 2.05) is 29.8 Å². The molecule has 2 heterocycles. The van der Waals surface area contributed by atoms with Crippen molar-refractivity contribution >= 4 is 5.69 Å². The van der Waals surface area contributed by atoms with Gasteiger partial charge in [-0.15, -0.1) is 0 Å². The van der Waals surface area contributed by atoms with Gasteiger partial charge in [-0.2, -0.15) is 5.10 Å². The summed E-state index contributed by atoms with van der Waals surface area (Å²) in [7, 11) is 0. The Hall–Kier alpha value is -1.84. The molecule has 1 unspecified atom stereocenters. The zero-order valence-electron chi connectivity index (χ0n) is 10.8. The number of nitrogen functional groups attached to an aromatic ring is 1. The van der Waals surface area contributed by atoms with Gasteiger partial charge in [-0.25, -0.2) is 9.67 Å². The van der Waals surface area contributed by atoms with Gasteiger partial charge in [0.1, 0.15) is 5.82 Å². The van der Waals surface area contributed by atoms with E-state index in [0.29, 0.717) is 5.92 Å². The summed E-state index contributed by atoms with van der Waals surface area (Å²) in [5.74, 6) is 2.59. The minimum Gasteiger partial charge on any atom is -0.398 e. The molecular formula is C14H18N4. The fraction of sp³-hybridized carbons (Fsp3) is 0.429. The molecule has 94 valence electrons. The Labute approximate surface area is 107 Å². The number of aryl methyl sites for hydroxylation is 2. The number of aromatic nitrogens is 3. The molecule has 1 aliphatic rings. The molecular weight excluding hydrogens is 224 g/mol. The van der Waals surface area contributed by atoms with Crippen molar-refractivity contribution in [3.8, 4) is 11.4 Å². The number of fused-ring (bicyclic) bond motifs is 1. The van der Waals surface area contributed by atoms with Gasteiger partial charge in [0.25, 0.3) is 0 Å². The van der Waals surface area contributed by atoms with E-state index in [4.69, 9.17) is 5.73 Å². The van der Waals surface area contributed by atoms with Crippen LogP contribution in [0.3, 0.4) is 0 Å². The Kier molecular flexibility index (Phi) is 2.58. The zero-order valence-corrected chi connectivity index (χ0v) is 10.8. The molecule has 0 amide bonds. The van der Waals surface area contributed by atoms with Crippen molar-refractivity contribution in [1.29, 1.82) is 0 Å². The van der Waals surface area contributed by atoms with E-state index >= 15 is 0 Å². The lowest BCUT2D eigenvalue weighted by Crippen LogP contribution is -2.18. The van der Waals surface area contributed by atoms with Gasteiger partial charge < -0.3 is 5.73 Å². The first-order valence-corrected chi connectivity index (χ1v) is 6.43. The number of rotatable bonds is 1. The summed E-state index contributed by atoms with van der Waals surface area (Å²) >= 11 is 0. The summed E-state index contributed by atoms with van der Waals surface area (Å²) in [5, 5.41) is 4.59. The first-order chi connectivity index (χ1) is 8.63. The van der Waals surface area contributed by atoms with Crippen LogP contribution in [0.15, 0.2) is 18.2 Å². The van der Waals surface area contributed by atoms with Crippen LogP contribution in [0.1, 0.15) is 24.7 Å². The van der Waals surface area contributed by atoms with E-state index in [2.05, 4.69) is 17.0 Å². The van der Waals surface area contributed by atoms with Crippen LogP contribution in [0.2, 0.25) is 0 Å². The molecule has 0 saturated heterocycles. The van der Waals surface area contributed by atoms with E-state index in [1.165, 1.54) is 6.42 Å². The van der Waals surface area contributed by atoms with Crippen LogP contribution in [-0.2, 0) is 13.0 Å². The van der Waals surface area contributed by atoms with Gasteiger partial charge in [0.2, 0.25) is 0 Å². The SMILES string of the molecule is Cc1ccc(-c2nc3n(n2)CC(C)CC3)cc1N. The van der Waals surface area contributed by atoms with E-state index in [0.717, 1.165) is 41.4 Å². The maximum absolute atomic E-state index is 5.94. The van der Waals surface area contributed by atoms with Crippen molar-refractivity contribution in [2.75, 3.05) is 5.73 Å². The molecule has 2 aromatic rings. The molecule has 0 fully saturated rings. The Morgan fingerprint density at radius 1 is 1.39 bits per heavy atom. The largest absolute Gasteiger partial charge is 0.398 e. The molecule has 18 heavy (non-hydrogen) atoms. The van der Waals surface area contributed by atoms with Crippen LogP contribution in [0.5, 0.6) is 0 Å². The van der Waals surface area contributed by atoms with Crippen molar-refractivity contribution in [1.82, 2.24) is 14.8 Å². The number of hydrogen-bond acceptors (Lipinski definition) is 3. The average molecular weight is 242 g/mol. The van der Waals surface area contributed by atoms with E-state index < -0.39 is 0 Å². The second-order valence-electron chi connectivity index (χ2n) is 5.25. The third kappa shape index (κ3) is 1.88. The molecule has 4 heteroatoms. The number of benzene rings is 1. The number of nitrogens with two attached hydrogens (primary N) is 1. The molecule has 0 spiro atoms. The van der Waals surface area contributed by atoms with Crippen LogP contribution < -0.4 is 5.73 Å². The van der Waals surface area contributed by atoms with E-state index in [1.54, 1.807) is 0 Å². The summed E-state index contributed by atoms with van der Waals surface area (Å²) in [6.07, 6.45) is 2.23. The van der Waals surface area contributed by atoms with Crippen LogP contribution in [-0.4, -0.2) is 14.8 Å². The Bertz CT molecular complexity index is 585. The topological polar surface area (TPSA) is 56.7 Å². The van der Waals surface area contributed by atoms with Crippen LogP contribution in [0.4, 0.5) is 5.69 Å². The molecule has 1 aromatic carbocycles. The highest BCUT2D eigenvalue weighted by molar-refractivity contribution is 5.63. The molecule has 4 nitrogen and oxygen atoms in total. The standard InChI is InChI=1S/C14H18N4/c1-9-3-6-13-16-14(17-18(13)8-9)11-5-4-10(2)12(15)7-11/h4-5,7,9H,3,6,8,15H2,1-2H3. The molecule has 1 atom stereocenters. The van der Waals surface area contributed by atoms with Gasteiger partial charge in [0.15, 0.2) is 5.82 Å². The lowest BCUT2D eigenvalue weighted by Gasteiger charge is -2.17. The fourth-order valence-corrected chi connectivity index (χ4v) is 2.37. The predicted octanol–water partition coefficient (Wildman–Crippen LogP) is 2.42. The fourth-order valence-electron chi connectivity index (χ4n) is 2.37. The molecule has 0 bridgehead atoms. The third-order valence-corrected chi connectivity index (χ3v) is 3.63. The summed E-state index contributed by atoms with van der Waals surface area (Å²) in [5.41, 5.74) is 8.84. The number of hydrogen-bond donors (Lipinski definition) is 1. The quantitative estimate of drug-likeness (QED) is 0.781. The van der Waals surface area contributed by atoms with Crippen molar-refractivity contribution in [2.45, 2.75) is 33.2 Å². The van der Waals surface area contributed by atoms with Gasteiger partial charge in [-0.3, -0.25) is 0 Å². The van der Waals surface area contributed by atoms with Crippen molar-refractivity contribution in [3.63, 3.8) is 0 Å². The highest BCUT2D eigenvalue weighted by atomic mass is 15.4. The monoisotopic (exact) mass is 242 g/mol. The van der Waals surface area contributed by atoms with Crippen LogP contribution >= 0.6 is 0 Å². The lowest BCUT2D eigenvalue weighted by molar-refractivity contribution is 0.368. The lowest BCUT2D eigenvalue weighted by atomic mass is 10.0. The highest BCUT2D eigenvalue weighted by Gasteiger charge is 2.19. The molecule has 0 aliphatic carbocycles. The zero-order chi connectivity index (χ0) is 12.7. The molecule has 2 N–H and O–H groups in total. The Balaban J connectivity index is 2.00. The Morgan fingerprint density at radius 2 is 2.22 bits per heavy atom. The van der Waals surface area contributed by atoms with Gasteiger partial charge >= 0.3 is 0 Å². The number of anilines is 1. The average Bonchev–Trinajstić information content (AvgIpc) is 2.75. The van der Waals surface area contributed by atoms with E-state index in [-0.39, 0.29) is 0 Å². The molecule has 1 aliphatic heterocycles. The summed E-state index contributed by atoms with van der Waals surface area (Å²) in [4.78, 5) is 4.62. The van der Waals surface area contributed by atoms with Gasteiger partial charge in [-0.05, 0) is 30.9 Å². The minimum absolute atomic E-state index is 0.690. The van der Waals surface area contributed by atoms with Crippen LogP contribution in [0.25, 0.3) is 11.4 Å². The first-order valence-electron chi connectivity index (χ1n) is 6.43. The minimum atomic E-state index is 0.690. The smallest absolute Gasteiger partial charge is 0.181 e. The molecule has 1 aromatic heterocycles. The van der Waals surface area contributed by atoms with Crippen molar-refractivity contribution < 1.29 is 0 Å². The van der Waals surface area contributed by atoms with Gasteiger partial charge in [-0.1, -0.05) is 19.1 Å². The maximum atomic E-state index is 5.94. The summed E-state index contributed by atoms with van der Waals surface area (Å²) in [6, 6.07) is 6.02. The molecule has 0 radical (unpaired) electrons. The molecule has 3 rings (SSSR count). The second kappa shape index (κ2) is 4.12. The van der Waals surface area contributed by atoms with E-state index in [9.17, 15) is 0 Å². The third-order valence-electron chi connectivity index (χ3n) is 3.63. The predicted molar refractivity (Wildman–Crippen MR) is 72.1 cm³/mol. The summed E-state index contributed by atoms with van der Waals surface area (Å²) < 4.78 is 2.04. The van der Waals surface area contributed by atoms with Gasteiger partial charge in [0, 0.05) is 24.2 Å². The van der Waals surface area contributed by atoms with Crippen molar-refractivity contribution in [2.24, 2.45) is 5.92 Å². The van der Waals surface area contributed by atoms with Crippen molar-refractivity contribution in [3.05, 3.63) is 29.6 Å². The maximum Gasteiger partial charge on any atom is 0.181 e. The molecule has 0 saturated carbocycles. The first kappa shape index (κ1) is 11.3. The van der Waals surface area contributed by atoms with Gasteiger partial charge in [0.05, 0.1) is 0 Å². The normalized spacial score (nSPS) is 18.7. The Morgan fingerprint density at radius 3 is 3.00 bits per heavy atom. The summed E-state index contributed by atoms with van der Waals surface area (Å²) in [6.45, 7) is 5.24.